The lowest BCUT2D eigenvalue weighted by atomic mass is 10.0. The van der Waals surface area contributed by atoms with E-state index in [4.69, 9.17) is 23.2 Å². The SMILES string of the molecule is CC(C)N1CCC(NC(=O)c2cccc(Cl)c2CC(=O)Nc2ccc(Cl)cn2)CC1. The predicted molar refractivity (Wildman–Crippen MR) is 120 cm³/mol. The lowest BCUT2D eigenvalue weighted by molar-refractivity contribution is -0.115. The zero-order valence-corrected chi connectivity index (χ0v) is 18.6. The molecule has 0 spiro atoms. The van der Waals surface area contributed by atoms with Crippen molar-refractivity contribution in [2.75, 3.05) is 18.4 Å². The van der Waals surface area contributed by atoms with Crippen molar-refractivity contribution in [2.24, 2.45) is 0 Å². The molecular formula is C22H26Cl2N4O2. The van der Waals surface area contributed by atoms with Gasteiger partial charge in [-0.05, 0) is 56.5 Å². The summed E-state index contributed by atoms with van der Waals surface area (Å²) in [6.45, 7) is 6.28. The topological polar surface area (TPSA) is 74.3 Å². The van der Waals surface area contributed by atoms with Crippen molar-refractivity contribution in [2.45, 2.75) is 45.2 Å². The van der Waals surface area contributed by atoms with Gasteiger partial charge in [-0.15, -0.1) is 0 Å². The first kappa shape index (κ1) is 22.5. The van der Waals surface area contributed by atoms with E-state index in [1.165, 1.54) is 6.20 Å². The third kappa shape index (κ3) is 5.94. The quantitative estimate of drug-likeness (QED) is 0.694. The minimum Gasteiger partial charge on any atom is -0.349 e. The molecule has 1 saturated heterocycles. The van der Waals surface area contributed by atoms with Gasteiger partial charge in [0.15, 0.2) is 0 Å². The van der Waals surface area contributed by atoms with Crippen LogP contribution in [-0.2, 0) is 11.2 Å². The molecule has 2 heterocycles. The van der Waals surface area contributed by atoms with Crippen LogP contribution in [0, 0.1) is 0 Å². The van der Waals surface area contributed by atoms with Gasteiger partial charge in [-0.1, -0.05) is 29.3 Å². The molecule has 6 nitrogen and oxygen atoms in total. The molecule has 1 aliphatic rings. The lowest BCUT2D eigenvalue weighted by Gasteiger charge is -2.35. The first-order chi connectivity index (χ1) is 14.3. The summed E-state index contributed by atoms with van der Waals surface area (Å²) in [5.74, 6) is -0.121. The fourth-order valence-electron chi connectivity index (χ4n) is 3.57. The van der Waals surface area contributed by atoms with E-state index in [9.17, 15) is 9.59 Å². The standard InChI is InChI=1S/C22H26Cl2N4O2/c1-14(2)28-10-8-16(9-11-28)26-22(30)17-4-3-5-19(24)18(17)12-21(29)27-20-7-6-15(23)13-25-20/h3-7,13-14,16H,8-12H2,1-2H3,(H,26,30)(H,25,27,29). The Bertz CT molecular complexity index is 895. The van der Waals surface area contributed by atoms with Crippen molar-refractivity contribution in [3.05, 3.63) is 57.7 Å². The molecule has 3 rings (SSSR count). The second-order valence-corrected chi connectivity index (χ2v) is 8.57. The zero-order chi connectivity index (χ0) is 21.7. The summed E-state index contributed by atoms with van der Waals surface area (Å²) in [5, 5.41) is 6.68. The minimum atomic E-state index is -0.308. The minimum absolute atomic E-state index is 0.0292. The van der Waals surface area contributed by atoms with Crippen LogP contribution in [0.2, 0.25) is 10.0 Å². The lowest BCUT2D eigenvalue weighted by Crippen LogP contribution is -2.46. The van der Waals surface area contributed by atoms with Gasteiger partial charge in [0.2, 0.25) is 5.91 Å². The highest BCUT2D eigenvalue weighted by Gasteiger charge is 2.24. The van der Waals surface area contributed by atoms with Crippen molar-refractivity contribution < 1.29 is 9.59 Å². The summed E-state index contributed by atoms with van der Waals surface area (Å²) in [5.41, 5.74) is 0.927. The van der Waals surface area contributed by atoms with Gasteiger partial charge in [0.1, 0.15) is 5.82 Å². The second-order valence-electron chi connectivity index (χ2n) is 7.73. The maximum Gasteiger partial charge on any atom is 0.251 e. The summed E-state index contributed by atoms with van der Waals surface area (Å²) in [6, 6.07) is 8.99. The maximum atomic E-state index is 12.9. The van der Waals surface area contributed by atoms with E-state index >= 15 is 0 Å². The van der Waals surface area contributed by atoms with Crippen LogP contribution >= 0.6 is 23.2 Å². The molecule has 0 aliphatic carbocycles. The molecule has 2 N–H and O–H groups in total. The Kier molecular flexibility index (Phi) is 7.69. The molecule has 1 aromatic heterocycles. The first-order valence-corrected chi connectivity index (χ1v) is 10.8. The van der Waals surface area contributed by atoms with Gasteiger partial charge >= 0.3 is 0 Å². The second kappa shape index (κ2) is 10.2. The number of benzene rings is 1. The van der Waals surface area contributed by atoms with Crippen LogP contribution in [0.3, 0.4) is 0 Å². The Morgan fingerprint density at radius 3 is 2.53 bits per heavy atom. The van der Waals surface area contributed by atoms with Gasteiger partial charge < -0.3 is 15.5 Å². The van der Waals surface area contributed by atoms with Crippen LogP contribution in [0.4, 0.5) is 5.82 Å². The van der Waals surface area contributed by atoms with Crippen LogP contribution in [0.1, 0.15) is 42.6 Å². The molecule has 1 fully saturated rings. The molecule has 0 unspecified atom stereocenters. The largest absolute Gasteiger partial charge is 0.349 e. The number of piperidine rings is 1. The van der Waals surface area contributed by atoms with Gasteiger partial charge in [0, 0.05) is 42.0 Å². The molecule has 8 heteroatoms. The molecule has 2 amide bonds. The van der Waals surface area contributed by atoms with E-state index < -0.39 is 0 Å². The number of pyridine rings is 1. The van der Waals surface area contributed by atoms with E-state index in [1.54, 1.807) is 30.3 Å². The van der Waals surface area contributed by atoms with E-state index in [2.05, 4.69) is 34.4 Å². The Hall–Kier alpha value is -2.15. The van der Waals surface area contributed by atoms with E-state index in [0.29, 0.717) is 33.0 Å². The average Bonchev–Trinajstić information content (AvgIpc) is 2.71. The number of hydrogen-bond donors (Lipinski definition) is 2. The number of nitrogens with zero attached hydrogens (tertiary/aromatic N) is 2. The molecule has 0 radical (unpaired) electrons. The normalized spacial score (nSPS) is 15.2. The van der Waals surface area contributed by atoms with Crippen molar-refractivity contribution in [3.63, 3.8) is 0 Å². The highest BCUT2D eigenvalue weighted by Crippen LogP contribution is 2.22. The van der Waals surface area contributed by atoms with Crippen LogP contribution in [-0.4, -0.2) is 46.9 Å². The number of carbonyl (C=O) groups is 2. The number of nitrogens with one attached hydrogen (secondary N) is 2. The van der Waals surface area contributed by atoms with Crippen molar-refractivity contribution in [1.29, 1.82) is 0 Å². The molecule has 1 aromatic carbocycles. The number of hydrogen-bond acceptors (Lipinski definition) is 4. The molecule has 0 saturated carbocycles. The number of aromatic nitrogens is 1. The Labute approximate surface area is 187 Å². The summed E-state index contributed by atoms with van der Waals surface area (Å²) in [7, 11) is 0. The van der Waals surface area contributed by atoms with Crippen molar-refractivity contribution in [1.82, 2.24) is 15.2 Å². The van der Waals surface area contributed by atoms with Gasteiger partial charge in [0.25, 0.3) is 5.91 Å². The summed E-state index contributed by atoms with van der Waals surface area (Å²) < 4.78 is 0. The molecule has 160 valence electrons. The van der Waals surface area contributed by atoms with Crippen molar-refractivity contribution >= 4 is 40.8 Å². The van der Waals surface area contributed by atoms with Gasteiger partial charge in [-0.25, -0.2) is 4.98 Å². The number of anilines is 1. The molecular weight excluding hydrogens is 423 g/mol. The number of rotatable bonds is 6. The number of halogens is 2. The Morgan fingerprint density at radius 2 is 1.90 bits per heavy atom. The van der Waals surface area contributed by atoms with Crippen LogP contribution in [0.25, 0.3) is 0 Å². The van der Waals surface area contributed by atoms with Gasteiger partial charge in [0.05, 0.1) is 11.4 Å². The monoisotopic (exact) mass is 448 g/mol. The molecule has 30 heavy (non-hydrogen) atoms. The number of carbonyl (C=O) groups excluding carboxylic acids is 2. The Morgan fingerprint density at radius 1 is 1.17 bits per heavy atom. The molecule has 1 aliphatic heterocycles. The summed E-state index contributed by atoms with van der Waals surface area (Å²) in [4.78, 5) is 31.9. The van der Waals surface area contributed by atoms with E-state index in [-0.39, 0.29) is 24.3 Å². The predicted octanol–water partition coefficient (Wildman–Crippen LogP) is 4.17. The number of likely N-dealkylation sites (tertiary alicyclic amines) is 1. The smallest absolute Gasteiger partial charge is 0.251 e. The van der Waals surface area contributed by atoms with Gasteiger partial charge in [-0.2, -0.15) is 0 Å². The average molecular weight is 449 g/mol. The van der Waals surface area contributed by atoms with E-state index in [0.717, 1.165) is 25.9 Å². The van der Waals surface area contributed by atoms with Gasteiger partial charge in [-0.3, -0.25) is 9.59 Å². The van der Waals surface area contributed by atoms with Crippen LogP contribution < -0.4 is 10.6 Å². The highest BCUT2D eigenvalue weighted by molar-refractivity contribution is 6.32. The zero-order valence-electron chi connectivity index (χ0n) is 17.1. The van der Waals surface area contributed by atoms with E-state index in [1.807, 2.05) is 0 Å². The number of amides is 2. The fourth-order valence-corrected chi connectivity index (χ4v) is 3.92. The fraction of sp³-hybridized carbons (Fsp3) is 0.409. The van der Waals surface area contributed by atoms with Crippen molar-refractivity contribution in [3.8, 4) is 0 Å². The Balaban J connectivity index is 1.66. The van der Waals surface area contributed by atoms with Crippen LogP contribution in [0.5, 0.6) is 0 Å². The summed E-state index contributed by atoms with van der Waals surface area (Å²) >= 11 is 12.2. The third-order valence-electron chi connectivity index (χ3n) is 5.29. The highest BCUT2D eigenvalue weighted by atomic mass is 35.5. The molecule has 0 bridgehead atoms. The van der Waals surface area contributed by atoms with Crippen LogP contribution in [0.15, 0.2) is 36.5 Å². The third-order valence-corrected chi connectivity index (χ3v) is 5.87. The molecule has 2 aromatic rings. The first-order valence-electron chi connectivity index (χ1n) is 10.1. The molecule has 0 atom stereocenters. The maximum absolute atomic E-state index is 12.9. The summed E-state index contributed by atoms with van der Waals surface area (Å²) in [6.07, 6.45) is 3.24.